The van der Waals surface area contributed by atoms with Gasteiger partial charge in [0.2, 0.25) is 11.8 Å². The first-order valence-corrected chi connectivity index (χ1v) is 10.4. The van der Waals surface area contributed by atoms with Gasteiger partial charge >= 0.3 is 0 Å². The van der Waals surface area contributed by atoms with Crippen LogP contribution in [0.2, 0.25) is 0 Å². The van der Waals surface area contributed by atoms with Gasteiger partial charge in [-0.1, -0.05) is 31.2 Å². The van der Waals surface area contributed by atoms with E-state index < -0.39 is 6.04 Å². The van der Waals surface area contributed by atoms with Gasteiger partial charge in [-0.15, -0.1) is 23.1 Å². The van der Waals surface area contributed by atoms with Crippen molar-refractivity contribution in [3.8, 4) is 0 Å². The van der Waals surface area contributed by atoms with E-state index in [4.69, 9.17) is 0 Å². The maximum Gasteiger partial charge on any atom is 0.248 e. The van der Waals surface area contributed by atoms with E-state index in [1.165, 1.54) is 4.88 Å². The highest BCUT2D eigenvalue weighted by atomic mass is 32.2. The molecule has 2 atom stereocenters. The van der Waals surface area contributed by atoms with E-state index in [1.54, 1.807) is 23.1 Å². The first-order chi connectivity index (χ1) is 12.2. The molecule has 4 nitrogen and oxygen atoms in total. The lowest BCUT2D eigenvalue weighted by atomic mass is 10.1. The van der Waals surface area contributed by atoms with Crippen molar-refractivity contribution >= 4 is 40.6 Å². The molecule has 2 saturated heterocycles. The highest BCUT2D eigenvalue weighted by Gasteiger charge is 2.57. The fraction of sp³-hybridized carbons (Fsp3) is 0.368. The Morgan fingerprint density at radius 2 is 2.16 bits per heavy atom. The molecule has 1 aromatic heterocycles. The number of benzene rings is 1. The number of carbonyl (C=O) groups is 2. The smallest absolute Gasteiger partial charge is 0.248 e. The molecule has 2 amide bonds. The number of hydrogen-bond acceptors (Lipinski definition) is 4. The van der Waals surface area contributed by atoms with Crippen LogP contribution in [-0.4, -0.2) is 28.5 Å². The molecule has 0 unspecified atom stereocenters. The van der Waals surface area contributed by atoms with E-state index in [2.05, 4.69) is 18.3 Å². The third kappa shape index (κ3) is 2.68. The second-order valence-corrected chi connectivity index (χ2v) is 8.60. The largest absolute Gasteiger partial charge is 0.324 e. The predicted molar refractivity (Wildman–Crippen MR) is 103 cm³/mol. The van der Waals surface area contributed by atoms with Gasteiger partial charge in [0.25, 0.3) is 0 Å². The Kier molecular flexibility index (Phi) is 4.33. The maximum atomic E-state index is 13.0. The molecule has 130 valence electrons. The second-order valence-electron chi connectivity index (χ2n) is 6.35. The summed E-state index contributed by atoms with van der Waals surface area (Å²) in [6.07, 6.45) is 2.16. The molecule has 25 heavy (non-hydrogen) atoms. The minimum atomic E-state index is -0.410. The normalized spacial score (nSPS) is 25.2. The van der Waals surface area contributed by atoms with E-state index in [1.807, 2.05) is 40.6 Å². The summed E-state index contributed by atoms with van der Waals surface area (Å²) in [6, 6.07) is 11.5. The zero-order chi connectivity index (χ0) is 17.4. The fourth-order valence-electron chi connectivity index (χ4n) is 3.75. The first-order valence-electron chi connectivity index (χ1n) is 8.54. The molecule has 4 rings (SSSR count). The standard InChI is InChI=1S/C19H20N2O2S2/c1-2-13-6-3-4-7-14(13)20-18(23)15-12-25-19(16-8-5-11-24-16)10-9-17(22)21(15)19/h3-8,11,15H,2,9-10,12H2,1H3,(H,20,23)/t15-,19-/m0/s1. The van der Waals surface area contributed by atoms with E-state index >= 15 is 0 Å². The van der Waals surface area contributed by atoms with Gasteiger partial charge in [-0.2, -0.15) is 0 Å². The molecule has 1 aromatic carbocycles. The summed E-state index contributed by atoms with van der Waals surface area (Å²) in [5, 5.41) is 5.09. The third-order valence-electron chi connectivity index (χ3n) is 4.99. The van der Waals surface area contributed by atoms with Crippen LogP contribution in [0.5, 0.6) is 0 Å². The Labute approximate surface area is 155 Å². The lowest BCUT2D eigenvalue weighted by molar-refractivity contribution is -0.136. The number of nitrogens with zero attached hydrogens (tertiary/aromatic N) is 1. The summed E-state index contributed by atoms with van der Waals surface area (Å²) in [6.45, 7) is 2.07. The first kappa shape index (κ1) is 16.7. The van der Waals surface area contributed by atoms with Crippen LogP contribution >= 0.6 is 23.1 Å². The minimum Gasteiger partial charge on any atom is -0.324 e. The summed E-state index contributed by atoms with van der Waals surface area (Å²) in [5.74, 6) is 0.647. The number of hydrogen-bond donors (Lipinski definition) is 1. The van der Waals surface area contributed by atoms with Crippen molar-refractivity contribution in [3.05, 3.63) is 52.2 Å². The molecule has 2 aromatic rings. The third-order valence-corrected chi connectivity index (χ3v) is 7.72. The molecule has 2 aliphatic rings. The quantitative estimate of drug-likeness (QED) is 0.887. The Hall–Kier alpha value is -1.79. The minimum absolute atomic E-state index is 0.0814. The number of carbonyl (C=O) groups excluding carboxylic acids is 2. The molecular formula is C19H20N2O2S2. The van der Waals surface area contributed by atoms with Gasteiger partial charge in [-0.05, 0) is 35.9 Å². The fourth-order valence-corrected chi connectivity index (χ4v) is 6.48. The number of fused-ring (bicyclic) bond motifs is 1. The summed E-state index contributed by atoms with van der Waals surface area (Å²) in [7, 11) is 0. The summed E-state index contributed by atoms with van der Waals surface area (Å²) < 4.78 is 0. The van der Waals surface area contributed by atoms with Crippen LogP contribution in [0.4, 0.5) is 5.69 Å². The number of nitrogens with one attached hydrogen (secondary N) is 1. The number of aryl methyl sites for hydroxylation is 1. The topological polar surface area (TPSA) is 49.4 Å². The molecular weight excluding hydrogens is 352 g/mol. The van der Waals surface area contributed by atoms with E-state index in [0.29, 0.717) is 12.2 Å². The van der Waals surface area contributed by atoms with Crippen LogP contribution in [0.15, 0.2) is 41.8 Å². The SMILES string of the molecule is CCc1ccccc1NC(=O)[C@@H]1CS[C@]2(c3cccs3)CCC(=O)N12. The molecule has 0 saturated carbocycles. The van der Waals surface area contributed by atoms with Crippen molar-refractivity contribution in [2.75, 3.05) is 11.1 Å². The van der Waals surface area contributed by atoms with Gasteiger partial charge in [0, 0.05) is 22.7 Å². The lowest BCUT2D eigenvalue weighted by Crippen LogP contribution is -2.47. The van der Waals surface area contributed by atoms with Crippen molar-refractivity contribution in [2.24, 2.45) is 0 Å². The Bertz CT molecular complexity index is 806. The van der Waals surface area contributed by atoms with Gasteiger partial charge in [-0.3, -0.25) is 9.59 Å². The van der Waals surface area contributed by atoms with Crippen LogP contribution in [-0.2, 0) is 20.9 Å². The van der Waals surface area contributed by atoms with E-state index in [9.17, 15) is 9.59 Å². The van der Waals surface area contributed by atoms with Gasteiger partial charge in [0.1, 0.15) is 10.9 Å². The van der Waals surface area contributed by atoms with Crippen molar-refractivity contribution in [1.29, 1.82) is 0 Å². The van der Waals surface area contributed by atoms with Crippen LogP contribution in [0.1, 0.15) is 30.2 Å². The average Bonchev–Trinajstić information content (AvgIpc) is 3.33. The Morgan fingerprint density at radius 3 is 2.92 bits per heavy atom. The maximum absolute atomic E-state index is 13.0. The molecule has 0 radical (unpaired) electrons. The second kappa shape index (κ2) is 6.50. The molecule has 0 aliphatic carbocycles. The van der Waals surface area contributed by atoms with Crippen LogP contribution in [0.25, 0.3) is 0 Å². The summed E-state index contributed by atoms with van der Waals surface area (Å²) >= 11 is 3.40. The monoisotopic (exact) mass is 372 g/mol. The molecule has 3 heterocycles. The lowest BCUT2D eigenvalue weighted by Gasteiger charge is -2.32. The number of rotatable bonds is 4. The zero-order valence-electron chi connectivity index (χ0n) is 14.0. The van der Waals surface area contributed by atoms with Crippen LogP contribution in [0.3, 0.4) is 0 Å². The molecule has 2 fully saturated rings. The predicted octanol–water partition coefficient (Wildman–Crippen LogP) is 3.84. The van der Waals surface area contributed by atoms with Crippen molar-refractivity contribution in [1.82, 2.24) is 4.90 Å². The van der Waals surface area contributed by atoms with Crippen LogP contribution < -0.4 is 5.32 Å². The molecule has 0 spiro atoms. The van der Waals surface area contributed by atoms with Crippen LogP contribution in [0, 0.1) is 0 Å². The number of para-hydroxylation sites is 1. The average molecular weight is 373 g/mol. The zero-order valence-corrected chi connectivity index (χ0v) is 15.7. The van der Waals surface area contributed by atoms with Gasteiger partial charge < -0.3 is 10.2 Å². The summed E-state index contributed by atoms with van der Waals surface area (Å²) in [4.78, 5) is 28.2. The number of anilines is 1. The number of thioether (sulfide) groups is 1. The Morgan fingerprint density at radius 1 is 1.32 bits per heavy atom. The van der Waals surface area contributed by atoms with Crippen molar-refractivity contribution < 1.29 is 9.59 Å². The Balaban J connectivity index is 1.61. The highest BCUT2D eigenvalue weighted by molar-refractivity contribution is 8.00. The van der Waals surface area contributed by atoms with Crippen molar-refractivity contribution in [3.63, 3.8) is 0 Å². The number of amides is 2. The molecule has 0 bridgehead atoms. The molecule has 1 N–H and O–H groups in total. The van der Waals surface area contributed by atoms with E-state index in [0.717, 1.165) is 24.1 Å². The molecule has 6 heteroatoms. The highest BCUT2D eigenvalue weighted by Crippen LogP contribution is 2.55. The van der Waals surface area contributed by atoms with Gasteiger partial charge in [0.15, 0.2) is 0 Å². The van der Waals surface area contributed by atoms with Gasteiger partial charge in [0.05, 0.1) is 0 Å². The number of thiophene rings is 1. The van der Waals surface area contributed by atoms with Crippen molar-refractivity contribution in [2.45, 2.75) is 37.1 Å². The molecule has 2 aliphatic heterocycles. The van der Waals surface area contributed by atoms with Gasteiger partial charge in [-0.25, -0.2) is 0 Å². The van der Waals surface area contributed by atoms with E-state index in [-0.39, 0.29) is 16.7 Å². The summed E-state index contributed by atoms with van der Waals surface area (Å²) in [5.41, 5.74) is 1.96.